The Morgan fingerprint density at radius 3 is 2.60 bits per heavy atom. The van der Waals surface area contributed by atoms with Gasteiger partial charge in [0.1, 0.15) is 24.2 Å². The maximum atomic E-state index is 12.9. The molecule has 0 spiro atoms. The van der Waals surface area contributed by atoms with Crippen molar-refractivity contribution < 1.29 is 34.5 Å². The van der Waals surface area contributed by atoms with Gasteiger partial charge < -0.3 is 41.6 Å². The number of aliphatic carboxylic acids is 1. The third-order valence-electron chi connectivity index (χ3n) is 6.13. The lowest BCUT2D eigenvalue weighted by Crippen LogP contribution is -2.59. The van der Waals surface area contributed by atoms with E-state index >= 15 is 0 Å². The van der Waals surface area contributed by atoms with Crippen molar-refractivity contribution in [3.8, 4) is 0 Å². The van der Waals surface area contributed by atoms with Gasteiger partial charge in [0, 0.05) is 30.1 Å². The SMILES string of the molecule is CC(O)C(NC(=O)C1CCCN1C(=O)C(N)CO)C(=O)NC(Cc1c[nH]c2ccccc12)C(=O)O. The average molecular weight is 490 g/mol. The number of amides is 3. The van der Waals surface area contributed by atoms with Crippen molar-refractivity contribution in [2.45, 2.75) is 56.5 Å². The van der Waals surface area contributed by atoms with Crippen LogP contribution >= 0.6 is 0 Å². The Morgan fingerprint density at radius 1 is 1.23 bits per heavy atom. The summed E-state index contributed by atoms with van der Waals surface area (Å²) in [5.41, 5.74) is 7.10. The molecule has 3 amide bonds. The molecule has 1 fully saturated rings. The predicted octanol–water partition coefficient (Wildman–Crippen LogP) is -1.54. The quantitative estimate of drug-likeness (QED) is 0.208. The Morgan fingerprint density at radius 2 is 1.94 bits per heavy atom. The van der Waals surface area contributed by atoms with E-state index in [2.05, 4.69) is 15.6 Å². The molecule has 1 saturated heterocycles. The number of nitrogens with zero attached hydrogens (tertiary/aromatic N) is 1. The molecule has 12 heteroatoms. The topological polar surface area (TPSA) is 198 Å². The number of carboxylic acids is 1. The maximum Gasteiger partial charge on any atom is 0.326 e. The van der Waals surface area contributed by atoms with E-state index in [-0.39, 0.29) is 13.0 Å². The van der Waals surface area contributed by atoms with Crippen molar-refractivity contribution in [2.75, 3.05) is 13.2 Å². The van der Waals surface area contributed by atoms with Gasteiger partial charge in [-0.25, -0.2) is 4.79 Å². The molecule has 35 heavy (non-hydrogen) atoms. The molecule has 1 aromatic carbocycles. The smallest absolute Gasteiger partial charge is 0.326 e. The Balaban J connectivity index is 1.70. The molecule has 0 bridgehead atoms. The number of aliphatic hydroxyl groups excluding tert-OH is 2. The number of aromatic nitrogens is 1. The summed E-state index contributed by atoms with van der Waals surface area (Å²) in [6.45, 7) is 0.983. The summed E-state index contributed by atoms with van der Waals surface area (Å²) in [4.78, 5) is 54.4. The van der Waals surface area contributed by atoms with Gasteiger partial charge in [-0.1, -0.05) is 18.2 Å². The summed E-state index contributed by atoms with van der Waals surface area (Å²) in [7, 11) is 0. The van der Waals surface area contributed by atoms with Crippen LogP contribution in [0, 0.1) is 0 Å². The fourth-order valence-corrected chi connectivity index (χ4v) is 4.23. The lowest BCUT2D eigenvalue weighted by molar-refractivity contribution is -0.144. The zero-order chi connectivity index (χ0) is 25.7. The third kappa shape index (κ3) is 5.96. The van der Waals surface area contributed by atoms with Crippen LogP contribution in [0.15, 0.2) is 30.5 Å². The summed E-state index contributed by atoms with van der Waals surface area (Å²) in [5.74, 6) is -3.41. The molecule has 5 atom stereocenters. The first kappa shape index (κ1) is 26.1. The molecule has 1 aliphatic rings. The summed E-state index contributed by atoms with van der Waals surface area (Å²) in [6.07, 6.45) is 1.16. The zero-order valence-corrected chi connectivity index (χ0v) is 19.3. The van der Waals surface area contributed by atoms with Gasteiger partial charge in [-0.2, -0.15) is 0 Å². The number of carboxylic acid groups (broad SMARTS) is 1. The average Bonchev–Trinajstić information content (AvgIpc) is 3.48. The number of carbonyl (C=O) groups is 4. The van der Waals surface area contributed by atoms with Crippen LogP contribution in [0.1, 0.15) is 25.3 Å². The Hall–Kier alpha value is -3.48. The van der Waals surface area contributed by atoms with Gasteiger partial charge in [-0.15, -0.1) is 0 Å². The minimum atomic E-state index is -1.45. The van der Waals surface area contributed by atoms with Gasteiger partial charge >= 0.3 is 5.97 Å². The number of para-hydroxylation sites is 1. The number of nitrogens with two attached hydrogens (primary N) is 1. The molecule has 2 heterocycles. The van der Waals surface area contributed by atoms with Gasteiger partial charge in [0.15, 0.2) is 0 Å². The van der Waals surface area contributed by atoms with Crippen molar-refractivity contribution in [1.29, 1.82) is 0 Å². The van der Waals surface area contributed by atoms with Crippen LogP contribution in [0.2, 0.25) is 0 Å². The second kappa shape index (κ2) is 11.3. The number of H-pyrrole nitrogens is 1. The van der Waals surface area contributed by atoms with E-state index in [1.807, 2.05) is 24.3 Å². The molecule has 5 unspecified atom stereocenters. The summed E-state index contributed by atoms with van der Waals surface area (Å²) >= 11 is 0. The highest BCUT2D eigenvalue weighted by atomic mass is 16.4. The number of carbonyl (C=O) groups excluding carboxylic acids is 3. The molecule has 1 aromatic heterocycles. The first-order valence-corrected chi connectivity index (χ1v) is 11.4. The van der Waals surface area contributed by atoms with Gasteiger partial charge in [-0.05, 0) is 31.4 Å². The second-order valence-corrected chi connectivity index (χ2v) is 8.67. The van der Waals surface area contributed by atoms with E-state index < -0.39 is 60.6 Å². The number of hydrogen-bond donors (Lipinski definition) is 7. The maximum absolute atomic E-state index is 12.9. The van der Waals surface area contributed by atoms with Gasteiger partial charge in [0.05, 0.1) is 12.7 Å². The van der Waals surface area contributed by atoms with Crippen LogP contribution in [0.5, 0.6) is 0 Å². The fraction of sp³-hybridized carbons (Fsp3) is 0.478. The highest BCUT2D eigenvalue weighted by Crippen LogP contribution is 2.20. The molecule has 190 valence electrons. The Labute approximate surface area is 201 Å². The van der Waals surface area contributed by atoms with Crippen molar-refractivity contribution in [2.24, 2.45) is 5.73 Å². The molecular weight excluding hydrogens is 458 g/mol. The summed E-state index contributed by atoms with van der Waals surface area (Å²) in [5, 5.41) is 34.7. The van der Waals surface area contributed by atoms with Crippen LogP contribution in [0.3, 0.4) is 0 Å². The molecule has 3 rings (SSSR count). The summed E-state index contributed by atoms with van der Waals surface area (Å²) in [6, 6.07) is 2.48. The Bertz CT molecular complexity index is 1090. The van der Waals surface area contributed by atoms with Crippen LogP contribution in [-0.2, 0) is 25.6 Å². The second-order valence-electron chi connectivity index (χ2n) is 8.67. The molecule has 8 N–H and O–H groups in total. The van der Waals surface area contributed by atoms with E-state index in [4.69, 9.17) is 10.8 Å². The highest BCUT2D eigenvalue weighted by molar-refractivity contribution is 5.95. The monoisotopic (exact) mass is 489 g/mol. The molecule has 12 nitrogen and oxygen atoms in total. The number of hydrogen-bond acceptors (Lipinski definition) is 7. The fourth-order valence-electron chi connectivity index (χ4n) is 4.23. The van der Waals surface area contributed by atoms with E-state index in [0.717, 1.165) is 10.9 Å². The van der Waals surface area contributed by atoms with E-state index in [1.165, 1.54) is 11.8 Å². The largest absolute Gasteiger partial charge is 0.480 e. The van der Waals surface area contributed by atoms with Gasteiger partial charge in [0.2, 0.25) is 17.7 Å². The molecule has 2 aromatic rings. The number of rotatable bonds is 10. The minimum Gasteiger partial charge on any atom is -0.480 e. The number of benzene rings is 1. The Kier molecular flexibility index (Phi) is 8.43. The zero-order valence-electron chi connectivity index (χ0n) is 19.3. The van der Waals surface area contributed by atoms with Crippen LogP contribution in [0.4, 0.5) is 0 Å². The van der Waals surface area contributed by atoms with Crippen molar-refractivity contribution in [1.82, 2.24) is 20.5 Å². The van der Waals surface area contributed by atoms with E-state index in [1.54, 1.807) is 6.20 Å². The van der Waals surface area contributed by atoms with Crippen molar-refractivity contribution in [3.63, 3.8) is 0 Å². The number of aromatic amines is 1. The third-order valence-corrected chi connectivity index (χ3v) is 6.13. The highest BCUT2D eigenvalue weighted by Gasteiger charge is 2.38. The number of nitrogens with one attached hydrogen (secondary N) is 3. The molecule has 0 aliphatic carbocycles. The first-order valence-electron chi connectivity index (χ1n) is 11.4. The van der Waals surface area contributed by atoms with Crippen molar-refractivity contribution in [3.05, 3.63) is 36.0 Å². The van der Waals surface area contributed by atoms with Crippen LogP contribution < -0.4 is 16.4 Å². The number of likely N-dealkylation sites (tertiary alicyclic amines) is 1. The number of fused-ring (bicyclic) bond motifs is 1. The van der Waals surface area contributed by atoms with E-state index in [9.17, 15) is 29.4 Å². The molecule has 1 aliphatic heterocycles. The van der Waals surface area contributed by atoms with Crippen LogP contribution in [-0.4, -0.2) is 92.3 Å². The normalized spacial score (nSPS) is 19.1. The molecule has 0 saturated carbocycles. The van der Waals surface area contributed by atoms with Crippen molar-refractivity contribution >= 4 is 34.6 Å². The molecular formula is C23H31N5O7. The lowest BCUT2D eigenvalue weighted by atomic mass is 10.0. The summed E-state index contributed by atoms with van der Waals surface area (Å²) < 4.78 is 0. The lowest BCUT2D eigenvalue weighted by Gasteiger charge is -2.29. The van der Waals surface area contributed by atoms with Crippen LogP contribution in [0.25, 0.3) is 10.9 Å². The molecule has 0 radical (unpaired) electrons. The number of aliphatic hydroxyl groups is 2. The van der Waals surface area contributed by atoms with E-state index in [0.29, 0.717) is 18.4 Å². The van der Waals surface area contributed by atoms with Gasteiger partial charge in [0.25, 0.3) is 0 Å². The van der Waals surface area contributed by atoms with Gasteiger partial charge in [-0.3, -0.25) is 14.4 Å². The minimum absolute atomic E-state index is 0.0183. The predicted molar refractivity (Wildman–Crippen MR) is 125 cm³/mol. The standard InChI is InChI=1S/C23H31N5O7/c1-12(30)19(27-20(31)18-7-4-8-28(18)22(33)15(24)11-29)21(32)26-17(23(34)35)9-13-10-25-16-6-3-2-5-14(13)16/h2-3,5-6,10,12,15,17-19,25,29-30H,4,7-9,11,24H2,1H3,(H,26,32)(H,27,31)(H,34,35). The first-order chi connectivity index (χ1) is 16.6.